The van der Waals surface area contributed by atoms with Crippen LogP contribution in [-0.4, -0.2) is 15.2 Å². The number of hydrogen-bond donors (Lipinski definition) is 2. The molecule has 5 heteroatoms. The molecule has 0 atom stereocenters. The highest BCUT2D eigenvalue weighted by Crippen LogP contribution is 2.35. The third-order valence-corrected chi connectivity index (χ3v) is 3.63. The molecule has 0 saturated carbocycles. The van der Waals surface area contributed by atoms with Crippen molar-refractivity contribution in [2.24, 2.45) is 0 Å². The number of aryl methyl sites for hydroxylation is 1. The van der Waals surface area contributed by atoms with E-state index in [-0.39, 0.29) is 0 Å². The van der Waals surface area contributed by atoms with Gasteiger partial charge in [-0.3, -0.25) is 10.1 Å². The third-order valence-electron chi connectivity index (χ3n) is 3.21. The molecule has 0 spiro atoms. The summed E-state index contributed by atoms with van der Waals surface area (Å²) in [6.07, 6.45) is 3.47. The van der Waals surface area contributed by atoms with Gasteiger partial charge in [0.25, 0.3) is 0 Å². The molecule has 0 bridgehead atoms. The molecular weight excluding hydrogens is 272 g/mol. The Kier molecular flexibility index (Phi) is 3.16. The van der Waals surface area contributed by atoms with Gasteiger partial charge in [-0.2, -0.15) is 5.10 Å². The first-order valence-corrected chi connectivity index (χ1v) is 6.55. The Balaban J connectivity index is 2.18. The van der Waals surface area contributed by atoms with E-state index < -0.39 is 0 Å². The van der Waals surface area contributed by atoms with Crippen LogP contribution in [0.4, 0.5) is 5.82 Å². The summed E-state index contributed by atoms with van der Waals surface area (Å²) in [5.41, 5.74) is 10.8. The number of benzene rings is 1. The fourth-order valence-corrected chi connectivity index (χ4v) is 2.29. The number of aromatic nitrogens is 3. The fourth-order valence-electron chi connectivity index (χ4n) is 2.18. The molecule has 0 amide bonds. The zero-order chi connectivity index (χ0) is 14.1. The van der Waals surface area contributed by atoms with Crippen LogP contribution in [0, 0.1) is 6.92 Å². The number of nitrogens with one attached hydrogen (secondary N) is 1. The van der Waals surface area contributed by atoms with Crippen molar-refractivity contribution in [3.05, 3.63) is 53.3 Å². The second kappa shape index (κ2) is 4.98. The first-order chi connectivity index (χ1) is 9.66. The summed E-state index contributed by atoms with van der Waals surface area (Å²) in [6, 6.07) is 9.66. The molecule has 1 aromatic carbocycles. The standard InChI is InChI=1S/C15H13ClN4/c1-9-8-11(2-3-12(9)16)14-13(15(17)20-19-14)10-4-6-18-7-5-10/h2-8H,1H3,(H3,17,19,20). The molecule has 2 heterocycles. The molecule has 0 aliphatic heterocycles. The SMILES string of the molecule is Cc1cc(-c2[nH]nc(N)c2-c2ccncc2)ccc1Cl. The lowest BCUT2D eigenvalue weighted by Crippen LogP contribution is -1.89. The molecule has 3 aromatic rings. The molecule has 0 unspecified atom stereocenters. The van der Waals surface area contributed by atoms with Gasteiger partial charge in [-0.25, -0.2) is 0 Å². The van der Waals surface area contributed by atoms with Gasteiger partial charge in [0, 0.05) is 23.0 Å². The van der Waals surface area contributed by atoms with Gasteiger partial charge in [-0.05, 0) is 42.3 Å². The van der Waals surface area contributed by atoms with E-state index in [0.717, 1.165) is 33.0 Å². The van der Waals surface area contributed by atoms with Crippen LogP contribution in [0.3, 0.4) is 0 Å². The molecule has 100 valence electrons. The highest BCUT2D eigenvalue weighted by Gasteiger charge is 2.15. The third kappa shape index (κ3) is 2.14. The predicted octanol–water partition coefficient (Wildman–Crippen LogP) is 3.68. The average Bonchev–Trinajstić information content (AvgIpc) is 2.85. The van der Waals surface area contributed by atoms with Gasteiger partial charge in [-0.1, -0.05) is 17.7 Å². The Morgan fingerprint density at radius 3 is 2.55 bits per heavy atom. The van der Waals surface area contributed by atoms with E-state index >= 15 is 0 Å². The Morgan fingerprint density at radius 1 is 1.10 bits per heavy atom. The van der Waals surface area contributed by atoms with E-state index in [4.69, 9.17) is 17.3 Å². The molecule has 0 aliphatic carbocycles. The highest BCUT2D eigenvalue weighted by molar-refractivity contribution is 6.31. The zero-order valence-corrected chi connectivity index (χ0v) is 11.6. The molecule has 20 heavy (non-hydrogen) atoms. The van der Waals surface area contributed by atoms with E-state index in [1.807, 2.05) is 37.3 Å². The van der Waals surface area contributed by atoms with E-state index in [0.29, 0.717) is 5.82 Å². The Morgan fingerprint density at radius 2 is 1.85 bits per heavy atom. The van der Waals surface area contributed by atoms with Crippen molar-refractivity contribution in [1.82, 2.24) is 15.2 Å². The number of pyridine rings is 1. The summed E-state index contributed by atoms with van der Waals surface area (Å²) in [7, 11) is 0. The average molecular weight is 285 g/mol. The number of nitrogens with zero attached hydrogens (tertiary/aromatic N) is 2. The minimum atomic E-state index is 0.471. The Bertz CT molecular complexity index is 750. The lowest BCUT2D eigenvalue weighted by atomic mass is 10.0. The maximum Gasteiger partial charge on any atom is 0.153 e. The zero-order valence-electron chi connectivity index (χ0n) is 10.9. The number of anilines is 1. The van der Waals surface area contributed by atoms with Crippen LogP contribution >= 0.6 is 11.6 Å². The Labute approximate surface area is 121 Å². The maximum atomic E-state index is 6.07. The second-order valence-corrected chi connectivity index (χ2v) is 4.97. The lowest BCUT2D eigenvalue weighted by molar-refractivity contribution is 1.10. The first-order valence-electron chi connectivity index (χ1n) is 6.17. The number of H-pyrrole nitrogens is 1. The van der Waals surface area contributed by atoms with Crippen molar-refractivity contribution in [2.45, 2.75) is 6.92 Å². The molecule has 0 saturated heterocycles. The van der Waals surface area contributed by atoms with E-state index in [2.05, 4.69) is 15.2 Å². The number of rotatable bonds is 2. The van der Waals surface area contributed by atoms with Crippen molar-refractivity contribution in [1.29, 1.82) is 0 Å². The molecule has 3 N–H and O–H groups in total. The van der Waals surface area contributed by atoms with Crippen molar-refractivity contribution >= 4 is 17.4 Å². The minimum absolute atomic E-state index is 0.471. The summed E-state index contributed by atoms with van der Waals surface area (Å²) < 4.78 is 0. The van der Waals surface area contributed by atoms with Gasteiger partial charge in [0.2, 0.25) is 0 Å². The quantitative estimate of drug-likeness (QED) is 0.754. The van der Waals surface area contributed by atoms with Crippen LogP contribution in [0.5, 0.6) is 0 Å². The smallest absolute Gasteiger partial charge is 0.153 e. The summed E-state index contributed by atoms with van der Waals surface area (Å²) in [5, 5.41) is 7.86. The number of aromatic amines is 1. The van der Waals surface area contributed by atoms with Crippen LogP contribution in [0.2, 0.25) is 5.02 Å². The van der Waals surface area contributed by atoms with Gasteiger partial charge in [0.15, 0.2) is 5.82 Å². The number of nitrogen functional groups attached to an aromatic ring is 1. The summed E-state index contributed by atoms with van der Waals surface area (Å²) in [6.45, 7) is 1.97. The fraction of sp³-hybridized carbons (Fsp3) is 0.0667. The maximum absolute atomic E-state index is 6.07. The number of halogens is 1. The monoisotopic (exact) mass is 284 g/mol. The summed E-state index contributed by atoms with van der Waals surface area (Å²) >= 11 is 6.07. The first kappa shape index (κ1) is 12.7. The summed E-state index contributed by atoms with van der Waals surface area (Å²) in [5.74, 6) is 0.471. The van der Waals surface area contributed by atoms with Gasteiger partial charge >= 0.3 is 0 Å². The van der Waals surface area contributed by atoms with E-state index in [9.17, 15) is 0 Å². The van der Waals surface area contributed by atoms with Crippen LogP contribution in [0.15, 0.2) is 42.7 Å². The van der Waals surface area contributed by atoms with Crippen LogP contribution in [-0.2, 0) is 0 Å². The molecule has 4 nitrogen and oxygen atoms in total. The molecule has 0 radical (unpaired) electrons. The van der Waals surface area contributed by atoms with E-state index in [1.165, 1.54) is 0 Å². The van der Waals surface area contributed by atoms with Crippen molar-refractivity contribution in [3.8, 4) is 22.4 Å². The van der Waals surface area contributed by atoms with Gasteiger partial charge in [-0.15, -0.1) is 0 Å². The number of hydrogen-bond acceptors (Lipinski definition) is 3. The number of nitrogens with two attached hydrogens (primary N) is 1. The second-order valence-electron chi connectivity index (χ2n) is 4.56. The predicted molar refractivity (Wildman–Crippen MR) is 81.4 cm³/mol. The van der Waals surface area contributed by atoms with Crippen LogP contribution in [0.1, 0.15) is 5.56 Å². The molecule has 0 fully saturated rings. The lowest BCUT2D eigenvalue weighted by Gasteiger charge is -2.06. The molecule has 2 aromatic heterocycles. The van der Waals surface area contributed by atoms with Gasteiger partial charge in [0.05, 0.1) is 11.3 Å². The molecular formula is C15H13ClN4. The van der Waals surface area contributed by atoms with E-state index in [1.54, 1.807) is 12.4 Å². The minimum Gasteiger partial charge on any atom is -0.382 e. The van der Waals surface area contributed by atoms with Crippen molar-refractivity contribution < 1.29 is 0 Å². The van der Waals surface area contributed by atoms with Gasteiger partial charge in [0.1, 0.15) is 0 Å². The van der Waals surface area contributed by atoms with Crippen molar-refractivity contribution in [2.75, 3.05) is 5.73 Å². The largest absolute Gasteiger partial charge is 0.382 e. The summed E-state index contributed by atoms with van der Waals surface area (Å²) in [4.78, 5) is 4.02. The van der Waals surface area contributed by atoms with Crippen molar-refractivity contribution in [3.63, 3.8) is 0 Å². The van der Waals surface area contributed by atoms with Crippen LogP contribution < -0.4 is 5.73 Å². The highest BCUT2D eigenvalue weighted by atomic mass is 35.5. The Hall–Kier alpha value is -2.33. The molecule has 3 rings (SSSR count). The van der Waals surface area contributed by atoms with Crippen LogP contribution in [0.25, 0.3) is 22.4 Å². The topological polar surface area (TPSA) is 67.6 Å². The van der Waals surface area contributed by atoms with Gasteiger partial charge < -0.3 is 5.73 Å². The molecule has 0 aliphatic rings. The normalized spacial score (nSPS) is 10.7.